The Kier molecular flexibility index (Phi) is 5.24. The summed E-state index contributed by atoms with van der Waals surface area (Å²) in [6, 6.07) is 3.68. The van der Waals surface area contributed by atoms with Crippen LogP contribution in [0.2, 0.25) is 4.34 Å². The molecule has 1 saturated heterocycles. The number of amides is 1. The van der Waals surface area contributed by atoms with Gasteiger partial charge in [-0.25, -0.2) is 0 Å². The van der Waals surface area contributed by atoms with Crippen LogP contribution in [0.15, 0.2) is 17.5 Å². The number of rotatable bonds is 4. The van der Waals surface area contributed by atoms with Crippen molar-refractivity contribution in [3.63, 3.8) is 0 Å². The smallest absolute Gasteiger partial charge is 0.309 e. The van der Waals surface area contributed by atoms with Gasteiger partial charge in [-0.15, -0.1) is 16.4 Å². The second-order valence-electron chi connectivity index (χ2n) is 5.14. The van der Waals surface area contributed by atoms with Crippen molar-refractivity contribution < 1.29 is 14.3 Å². The van der Waals surface area contributed by atoms with Crippen LogP contribution in [0.25, 0.3) is 0 Å². The SMILES string of the molecule is O=C(OCc1nnsc1Cl)C1CCN(C(=O)c2cccs2)CC1. The molecule has 6 nitrogen and oxygen atoms in total. The summed E-state index contributed by atoms with van der Waals surface area (Å²) in [6.45, 7) is 1.17. The van der Waals surface area contributed by atoms with Gasteiger partial charge in [-0.3, -0.25) is 9.59 Å². The van der Waals surface area contributed by atoms with E-state index in [2.05, 4.69) is 9.59 Å². The fraction of sp³-hybridized carbons (Fsp3) is 0.429. The molecule has 0 N–H and O–H groups in total. The van der Waals surface area contributed by atoms with Gasteiger partial charge in [0.1, 0.15) is 16.6 Å². The highest BCUT2D eigenvalue weighted by atomic mass is 35.5. The lowest BCUT2D eigenvalue weighted by Crippen LogP contribution is -2.40. The van der Waals surface area contributed by atoms with Gasteiger partial charge in [-0.05, 0) is 24.3 Å². The van der Waals surface area contributed by atoms with Crippen LogP contribution in [0.1, 0.15) is 28.2 Å². The van der Waals surface area contributed by atoms with Crippen LogP contribution in [0, 0.1) is 5.92 Å². The number of thiophene rings is 1. The lowest BCUT2D eigenvalue weighted by Gasteiger charge is -2.30. The van der Waals surface area contributed by atoms with Gasteiger partial charge in [-0.1, -0.05) is 22.2 Å². The monoisotopic (exact) mass is 371 g/mol. The summed E-state index contributed by atoms with van der Waals surface area (Å²) >= 11 is 8.37. The van der Waals surface area contributed by atoms with Crippen molar-refractivity contribution in [2.24, 2.45) is 5.92 Å². The highest BCUT2D eigenvalue weighted by Gasteiger charge is 2.29. The van der Waals surface area contributed by atoms with E-state index in [0.29, 0.717) is 36.0 Å². The lowest BCUT2D eigenvalue weighted by atomic mass is 9.97. The quantitative estimate of drug-likeness (QED) is 0.773. The van der Waals surface area contributed by atoms with Crippen LogP contribution in [-0.4, -0.2) is 39.5 Å². The minimum absolute atomic E-state index is 0.0344. The Balaban J connectivity index is 1.47. The van der Waals surface area contributed by atoms with Gasteiger partial charge in [0, 0.05) is 24.6 Å². The summed E-state index contributed by atoms with van der Waals surface area (Å²) in [5.74, 6) is -0.419. The van der Waals surface area contributed by atoms with Crippen molar-refractivity contribution in [2.75, 3.05) is 13.1 Å². The molecule has 9 heteroatoms. The Bertz CT molecular complexity index is 681. The standard InChI is InChI=1S/C14H14ClN3O3S2/c15-12-10(16-17-23-12)8-21-14(20)9-3-5-18(6-4-9)13(19)11-2-1-7-22-11/h1-2,7,9H,3-6,8H2. The molecule has 1 aliphatic rings. The average molecular weight is 372 g/mol. The topological polar surface area (TPSA) is 72.4 Å². The largest absolute Gasteiger partial charge is 0.459 e. The van der Waals surface area contributed by atoms with E-state index in [1.165, 1.54) is 11.3 Å². The number of nitrogens with zero attached hydrogens (tertiary/aromatic N) is 3. The molecule has 0 aromatic carbocycles. The number of halogens is 1. The van der Waals surface area contributed by atoms with Gasteiger partial charge >= 0.3 is 5.97 Å². The molecule has 23 heavy (non-hydrogen) atoms. The molecule has 0 radical (unpaired) electrons. The number of likely N-dealkylation sites (tertiary alicyclic amines) is 1. The van der Waals surface area contributed by atoms with E-state index in [-0.39, 0.29) is 24.4 Å². The molecule has 0 unspecified atom stereocenters. The summed E-state index contributed by atoms with van der Waals surface area (Å²) < 4.78 is 9.38. The van der Waals surface area contributed by atoms with Crippen LogP contribution in [0.5, 0.6) is 0 Å². The molecule has 2 aromatic heterocycles. The third-order valence-corrected chi connectivity index (χ3v) is 5.55. The van der Waals surface area contributed by atoms with Crippen molar-refractivity contribution in [2.45, 2.75) is 19.4 Å². The van der Waals surface area contributed by atoms with E-state index in [0.717, 1.165) is 16.4 Å². The number of ether oxygens (including phenoxy) is 1. The van der Waals surface area contributed by atoms with Gasteiger partial charge in [0.05, 0.1) is 10.8 Å². The van der Waals surface area contributed by atoms with Crippen molar-refractivity contribution in [1.82, 2.24) is 14.5 Å². The first-order chi connectivity index (χ1) is 11.1. The van der Waals surface area contributed by atoms with E-state index in [1.807, 2.05) is 17.5 Å². The minimum atomic E-state index is -0.266. The van der Waals surface area contributed by atoms with E-state index in [1.54, 1.807) is 4.90 Å². The Labute approximate surface area is 146 Å². The van der Waals surface area contributed by atoms with Gasteiger partial charge in [0.2, 0.25) is 0 Å². The molecule has 0 spiro atoms. The lowest BCUT2D eigenvalue weighted by molar-refractivity contribution is -0.151. The van der Waals surface area contributed by atoms with Gasteiger partial charge in [-0.2, -0.15) is 0 Å². The first kappa shape index (κ1) is 16.4. The molecular formula is C14H14ClN3O3S2. The van der Waals surface area contributed by atoms with Crippen LogP contribution in [0.3, 0.4) is 0 Å². The summed E-state index contributed by atoms with van der Waals surface area (Å²) in [5, 5.41) is 5.69. The molecule has 0 aliphatic carbocycles. The van der Waals surface area contributed by atoms with E-state index < -0.39 is 0 Å². The zero-order valence-electron chi connectivity index (χ0n) is 12.1. The highest BCUT2D eigenvalue weighted by Crippen LogP contribution is 2.23. The molecule has 0 atom stereocenters. The maximum Gasteiger partial charge on any atom is 0.309 e. The first-order valence-electron chi connectivity index (χ1n) is 7.11. The second kappa shape index (κ2) is 7.37. The second-order valence-corrected chi connectivity index (χ2v) is 7.45. The van der Waals surface area contributed by atoms with Crippen LogP contribution < -0.4 is 0 Å². The first-order valence-corrected chi connectivity index (χ1v) is 9.14. The van der Waals surface area contributed by atoms with Crippen molar-refractivity contribution in [3.8, 4) is 0 Å². The predicted molar refractivity (Wildman–Crippen MR) is 87.7 cm³/mol. The zero-order chi connectivity index (χ0) is 16.2. The number of carbonyl (C=O) groups is 2. The molecular weight excluding hydrogens is 358 g/mol. The van der Waals surface area contributed by atoms with E-state index in [4.69, 9.17) is 16.3 Å². The molecule has 2 aromatic rings. The molecule has 3 heterocycles. The Hall–Kier alpha value is -1.51. The fourth-order valence-electron chi connectivity index (χ4n) is 2.41. The Morgan fingerprint density at radius 1 is 1.39 bits per heavy atom. The molecule has 1 fully saturated rings. The molecule has 122 valence electrons. The van der Waals surface area contributed by atoms with Crippen LogP contribution in [-0.2, 0) is 16.1 Å². The summed E-state index contributed by atoms with van der Waals surface area (Å²) in [6.07, 6.45) is 1.22. The number of hydrogen-bond acceptors (Lipinski definition) is 7. The molecule has 1 aliphatic heterocycles. The maximum atomic E-state index is 12.2. The Morgan fingerprint density at radius 3 is 2.78 bits per heavy atom. The van der Waals surface area contributed by atoms with Gasteiger partial charge in [0.25, 0.3) is 5.91 Å². The average Bonchev–Trinajstić information content (AvgIpc) is 3.24. The Morgan fingerprint density at radius 2 is 2.17 bits per heavy atom. The number of carbonyl (C=O) groups excluding carboxylic acids is 2. The van der Waals surface area contributed by atoms with Crippen molar-refractivity contribution in [1.29, 1.82) is 0 Å². The summed E-state index contributed by atoms with van der Waals surface area (Å²) in [5.41, 5.74) is 0.482. The van der Waals surface area contributed by atoms with E-state index >= 15 is 0 Å². The fourth-order valence-corrected chi connectivity index (χ4v) is 3.71. The maximum absolute atomic E-state index is 12.2. The molecule has 3 rings (SSSR count). The van der Waals surface area contributed by atoms with Crippen LogP contribution >= 0.6 is 34.5 Å². The molecule has 0 saturated carbocycles. The van der Waals surface area contributed by atoms with Gasteiger partial charge < -0.3 is 9.64 Å². The normalized spacial score (nSPS) is 15.6. The number of hydrogen-bond donors (Lipinski definition) is 0. The van der Waals surface area contributed by atoms with Crippen molar-refractivity contribution in [3.05, 3.63) is 32.4 Å². The van der Waals surface area contributed by atoms with Crippen molar-refractivity contribution >= 4 is 46.3 Å². The highest BCUT2D eigenvalue weighted by molar-refractivity contribution is 7.12. The molecule has 1 amide bonds. The van der Waals surface area contributed by atoms with E-state index in [9.17, 15) is 9.59 Å². The third-order valence-electron chi connectivity index (χ3n) is 3.71. The van der Waals surface area contributed by atoms with Crippen LogP contribution in [0.4, 0.5) is 0 Å². The summed E-state index contributed by atoms with van der Waals surface area (Å²) in [4.78, 5) is 26.9. The minimum Gasteiger partial charge on any atom is -0.459 e. The summed E-state index contributed by atoms with van der Waals surface area (Å²) in [7, 11) is 0. The number of piperidine rings is 1. The number of aromatic nitrogens is 2. The zero-order valence-corrected chi connectivity index (χ0v) is 14.5. The number of esters is 1. The molecule has 0 bridgehead atoms. The third kappa shape index (κ3) is 3.88. The predicted octanol–water partition coefficient (Wildman–Crippen LogP) is 2.85. The van der Waals surface area contributed by atoms with Gasteiger partial charge in [0.15, 0.2) is 0 Å².